The van der Waals surface area contributed by atoms with Crippen molar-refractivity contribution in [2.24, 2.45) is 0 Å². The molecule has 0 saturated carbocycles. The summed E-state index contributed by atoms with van der Waals surface area (Å²) >= 11 is 1.49. The van der Waals surface area contributed by atoms with Crippen molar-refractivity contribution in [3.05, 3.63) is 51.7 Å². The van der Waals surface area contributed by atoms with Crippen molar-refractivity contribution < 1.29 is 13.2 Å². The first-order valence-electron chi connectivity index (χ1n) is 6.61. The van der Waals surface area contributed by atoms with E-state index in [1.807, 2.05) is 24.6 Å². The predicted molar refractivity (Wildman–Crippen MR) is 86.6 cm³/mol. The highest BCUT2D eigenvalue weighted by atomic mass is 32.2. The van der Waals surface area contributed by atoms with Crippen molar-refractivity contribution in [2.45, 2.75) is 20.3 Å². The van der Waals surface area contributed by atoms with Crippen LogP contribution in [0.5, 0.6) is 0 Å². The number of aryl methyl sites for hydroxylation is 1. The molecule has 1 aromatic carbocycles. The van der Waals surface area contributed by atoms with Gasteiger partial charge in [0.2, 0.25) is 10.0 Å². The van der Waals surface area contributed by atoms with E-state index < -0.39 is 10.0 Å². The predicted octanol–water partition coefficient (Wildman–Crippen LogP) is 3.44. The van der Waals surface area contributed by atoms with Crippen LogP contribution in [0.25, 0.3) is 0 Å². The molecule has 0 unspecified atom stereocenters. The molecule has 0 fully saturated rings. The van der Waals surface area contributed by atoms with Crippen molar-refractivity contribution in [3.8, 4) is 0 Å². The Morgan fingerprint density at radius 3 is 2.38 bits per heavy atom. The van der Waals surface area contributed by atoms with E-state index in [2.05, 4.69) is 4.72 Å². The van der Waals surface area contributed by atoms with Crippen LogP contribution in [0.4, 0.5) is 5.69 Å². The maximum absolute atomic E-state index is 12.3. The van der Waals surface area contributed by atoms with Crippen LogP contribution in [0.3, 0.4) is 0 Å². The van der Waals surface area contributed by atoms with Crippen LogP contribution in [0.15, 0.2) is 35.0 Å². The Morgan fingerprint density at radius 1 is 1.19 bits per heavy atom. The smallest absolute Gasteiger partial charge is 0.232 e. The van der Waals surface area contributed by atoms with Crippen LogP contribution in [0, 0.1) is 6.92 Å². The van der Waals surface area contributed by atoms with Crippen LogP contribution in [-0.2, 0) is 10.0 Å². The van der Waals surface area contributed by atoms with Gasteiger partial charge in [0, 0.05) is 22.2 Å². The second-order valence-corrected chi connectivity index (χ2v) is 7.38. The molecule has 6 heteroatoms. The minimum Gasteiger partial charge on any atom is -0.289 e. The summed E-state index contributed by atoms with van der Waals surface area (Å²) in [5.74, 6) is 0.0404. The molecule has 1 aromatic heterocycles. The average molecular weight is 323 g/mol. The molecule has 21 heavy (non-hydrogen) atoms. The second kappa shape index (κ2) is 6.41. The van der Waals surface area contributed by atoms with Gasteiger partial charge in [-0.1, -0.05) is 6.92 Å². The summed E-state index contributed by atoms with van der Waals surface area (Å²) in [6.07, 6.45) is 0.559. The Balaban J connectivity index is 2.16. The molecule has 0 spiro atoms. The lowest BCUT2D eigenvalue weighted by atomic mass is 10.0. The van der Waals surface area contributed by atoms with Crippen molar-refractivity contribution in [1.82, 2.24) is 0 Å². The molecule has 0 radical (unpaired) electrons. The normalized spacial score (nSPS) is 11.3. The minimum absolute atomic E-state index is 0.0447. The zero-order valence-electron chi connectivity index (χ0n) is 11.9. The number of carbonyl (C=O) groups is 1. The lowest BCUT2D eigenvalue weighted by Gasteiger charge is -2.07. The first kappa shape index (κ1) is 15.7. The molecule has 0 aliphatic carbocycles. The average Bonchev–Trinajstić information content (AvgIpc) is 2.84. The summed E-state index contributed by atoms with van der Waals surface area (Å²) in [5, 5.41) is 3.76. The number of benzene rings is 1. The number of thiophene rings is 1. The number of anilines is 1. The van der Waals surface area contributed by atoms with E-state index in [-0.39, 0.29) is 11.5 Å². The summed E-state index contributed by atoms with van der Waals surface area (Å²) in [7, 11) is -3.30. The SMILES string of the molecule is CCCS(=O)(=O)Nc1ccc(C(=O)c2cscc2C)cc1. The Hall–Kier alpha value is -1.66. The van der Waals surface area contributed by atoms with Crippen LogP contribution in [0.2, 0.25) is 0 Å². The van der Waals surface area contributed by atoms with Crippen molar-refractivity contribution in [3.63, 3.8) is 0 Å². The molecular formula is C15H17NO3S2. The monoisotopic (exact) mass is 323 g/mol. The molecular weight excluding hydrogens is 306 g/mol. The van der Waals surface area contributed by atoms with Gasteiger partial charge in [-0.3, -0.25) is 9.52 Å². The number of hydrogen-bond donors (Lipinski definition) is 1. The van der Waals surface area contributed by atoms with Gasteiger partial charge in [0.25, 0.3) is 0 Å². The number of rotatable bonds is 6. The maximum atomic E-state index is 12.3. The Labute approximate surface area is 128 Å². The molecule has 0 atom stereocenters. The van der Waals surface area contributed by atoms with Gasteiger partial charge < -0.3 is 0 Å². The highest BCUT2D eigenvalue weighted by Gasteiger charge is 2.13. The van der Waals surface area contributed by atoms with Crippen LogP contribution >= 0.6 is 11.3 Å². The fraction of sp³-hybridized carbons (Fsp3) is 0.267. The first-order chi connectivity index (χ1) is 9.93. The maximum Gasteiger partial charge on any atom is 0.232 e. The standard InChI is InChI=1S/C15H17NO3S2/c1-3-8-21(18,19)16-13-6-4-12(5-7-13)15(17)14-10-20-9-11(14)2/h4-7,9-10,16H,3,8H2,1-2H3. The molecule has 0 amide bonds. The molecule has 0 bridgehead atoms. The largest absolute Gasteiger partial charge is 0.289 e. The Bertz CT molecular complexity index is 731. The summed E-state index contributed by atoms with van der Waals surface area (Å²) in [6.45, 7) is 3.71. The fourth-order valence-corrected chi connectivity index (χ4v) is 3.90. The number of carbonyl (C=O) groups excluding carboxylic acids is 1. The van der Waals surface area contributed by atoms with Gasteiger partial charge in [-0.25, -0.2) is 8.42 Å². The number of nitrogens with one attached hydrogen (secondary N) is 1. The zero-order chi connectivity index (χ0) is 15.5. The zero-order valence-corrected chi connectivity index (χ0v) is 13.6. The first-order valence-corrected chi connectivity index (χ1v) is 9.20. The van der Waals surface area contributed by atoms with E-state index in [0.717, 1.165) is 5.56 Å². The lowest BCUT2D eigenvalue weighted by molar-refractivity contribution is 0.103. The topological polar surface area (TPSA) is 63.2 Å². The number of sulfonamides is 1. The quantitative estimate of drug-likeness (QED) is 0.828. The van der Waals surface area contributed by atoms with Gasteiger partial charge >= 0.3 is 0 Å². The third-order valence-electron chi connectivity index (χ3n) is 2.99. The van der Waals surface area contributed by atoms with E-state index >= 15 is 0 Å². The van der Waals surface area contributed by atoms with E-state index in [4.69, 9.17) is 0 Å². The molecule has 2 aromatic rings. The molecule has 1 heterocycles. The van der Waals surface area contributed by atoms with E-state index in [0.29, 0.717) is 23.2 Å². The van der Waals surface area contributed by atoms with Gasteiger partial charge in [0.1, 0.15) is 0 Å². The molecule has 0 aliphatic heterocycles. The summed E-state index contributed by atoms with van der Waals surface area (Å²) in [4.78, 5) is 12.3. The highest BCUT2D eigenvalue weighted by Crippen LogP contribution is 2.20. The van der Waals surface area contributed by atoms with Crippen LogP contribution in [-0.4, -0.2) is 20.0 Å². The van der Waals surface area contributed by atoms with E-state index in [1.54, 1.807) is 24.3 Å². The number of hydrogen-bond acceptors (Lipinski definition) is 4. The second-order valence-electron chi connectivity index (χ2n) is 4.80. The van der Waals surface area contributed by atoms with Gasteiger partial charge in [0.05, 0.1) is 5.75 Å². The summed E-state index contributed by atoms with van der Waals surface area (Å²) in [6, 6.07) is 6.51. The molecule has 1 N–H and O–H groups in total. The van der Waals surface area contributed by atoms with E-state index in [9.17, 15) is 13.2 Å². The van der Waals surface area contributed by atoms with Gasteiger partial charge in [0.15, 0.2) is 5.78 Å². The summed E-state index contributed by atoms with van der Waals surface area (Å²) in [5.41, 5.74) is 2.68. The summed E-state index contributed by atoms with van der Waals surface area (Å²) < 4.78 is 25.8. The Kier molecular flexibility index (Phi) is 4.80. The third-order valence-corrected chi connectivity index (χ3v) is 5.35. The Morgan fingerprint density at radius 2 is 1.86 bits per heavy atom. The highest BCUT2D eigenvalue weighted by molar-refractivity contribution is 7.92. The van der Waals surface area contributed by atoms with Gasteiger partial charge in [-0.2, -0.15) is 11.3 Å². The molecule has 4 nitrogen and oxygen atoms in total. The van der Waals surface area contributed by atoms with Gasteiger partial charge in [-0.15, -0.1) is 0 Å². The lowest BCUT2D eigenvalue weighted by Crippen LogP contribution is -2.16. The van der Waals surface area contributed by atoms with Crippen molar-refractivity contribution >= 4 is 32.8 Å². The van der Waals surface area contributed by atoms with Crippen LogP contribution in [0.1, 0.15) is 34.8 Å². The van der Waals surface area contributed by atoms with Crippen LogP contribution < -0.4 is 4.72 Å². The van der Waals surface area contributed by atoms with E-state index in [1.165, 1.54) is 11.3 Å². The van der Waals surface area contributed by atoms with Crippen molar-refractivity contribution in [2.75, 3.05) is 10.5 Å². The number of ketones is 1. The third kappa shape index (κ3) is 3.92. The van der Waals surface area contributed by atoms with Gasteiger partial charge in [-0.05, 0) is 48.6 Å². The minimum atomic E-state index is -3.30. The molecule has 2 rings (SSSR count). The van der Waals surface area contributed by atoms with Crippen molar-refractivity contribution in [1.29, 1.82) is 0 Å². The molecule has 112 valence electrons. The molecule has 0 aliphatic rings. The fourth-order valence-electron chi connectivity index (χ4n) is 1.94. The molecule has 0 saturated heterocycles.